The van der Waals surface area contributed by atoms with Gasteiger partial charge in [0.2, 0.25) is 5.91 Å². The van der Waals surface area contributed by atoms with Gasteiger partial charge in [-0.3, -0.25) is 4.79 Å². The zero-order valence-electron chi connectivity index (χ0n) is 10.1. The monoisotopic (exact) mass is 231 g/mol. The molecule has 0 aliphatic carbocycles. The number of hydrogen-bond acceptors (Lipinski definition) is 4. The predicted molar refractivity (Wildman–Crippen MR) is 55.9 cm³/mol. The highest BCUT2D eigenvalue weighted by Gasteiger charge is 2.32. The Hall–Kier alpha value is -1.59. The van der Waals surface area contributed by atoms with E-state index in [1.807, 2.05) is 0 Å². The summed E-state index contributed by atoms with van der Waals surface area (Å²) in [6.45, 7) is 7.26. The lowest BCUT2D eigenvalue weighted by Gasteiger charge is -2.27. The first-order valence-corrected chi connectivity index (χ1v) is 4.82. The molecular weight excluding hydrogens is 214 g/mol. The maximum absolute atomic E-state index is 11.6. The summed E-state index contributed by atoms with van der Waals surface area (Å²) in [6, 6.07) is -1.24. The van der Waals surface area contributed by atoms with E-state index in [-0.39, 0.29) is 0 Å². The van der Waals surface area contributed by atoms with Crippen LogP contribution in [0, 0.1) is 0 Å². The molecule has 0 heterocycles. The summed E-state index contributed by atoms with van der Waals surface area (Å²) in [7, 11) is 0. The van der Waals surface area contributed by atoms with Crippen LogP contribution < -0.4 is 0 Å². The first-order valence-electron chi connectivity index (χ1n) is 4.82. The zero-order valence-corrected chi connectivity index (χ0v) is 10.1. The number of hydrogen-bond donors (Lipinski definition) is 1. The summed E-state index contributed by atoms with van der Waals surface area (Å²) in [5.41, 5.74) is -0.775. The highest BCUT2D eigenvalue weighted by Crippen LogP contribution is 2.12. The molecule has 92 valence electrons. The van der Waals surface area contributed by atoms with Crippen molar-refractivity contribution >= 4 is 18.0 Å². The Morgan fingerprint density at radius 2 is 1.69 bits per heavy atom. The number of amides is 2. The van der Waals surface area contributed by atoms with Crippen molar-refractivity contribution in [2.24, 2.45) is 0 Å². The minimum absolute atomic E-state index is 0.577. The molecule has 16 heavy (non-hydrogen) atoms. The highest BCUT2D eigenvalue weighted by atomic mass is 16.6. The lowest BCUT2D eigenvalue weighted by molar-refractivity contribution is -0.147. The van der Waals surface area contributed by atoms with Crippen LogP contribution in [0.15, 0.2) is 0 Å². The van der Waals surface area contributed by atoms with Crippen LogP contribution in [0.2, 0.25) is 0 Å². The first kappa shape index (κ1) is 14.4. The van der Waals surface area contributed by atoms with Crippen molar-refractivity contribution in [3.05, 3.63) is 0 Å². The van der Waals surface area contributed by atoms with Gasteiger partial charge in [0.15, 0.2) is 0 Å². The topological polar surface area (TPSA) is 83.9 Å². The lowest BCUT2D eigenvalue weighted by Crippen LogP contribution is -2.48. The first-order chi connectivity index (χ1) is 7.06. The van der Waals surface area contributed by atoms with Crippen molar-refractivity contribution in [1.82, 2.24) is 4.90 Å². The van der Waals surface area contributed by atoms with Gasteiger partial charge >= 0.3 is 12.1 Å². The lowest BCUT2D eigenvalue weighted by atomic mass is 10.2. The molecular formula is C10H17NO5. The van der Waals surface area contributed by atoms with E-state index in [4.69, 9.17) is 9.84 Å². The van der Waals surface area contributed by atoms with Crippen LogP contribution in [0.1, 0.15) is 34.6 Å². The fourth-order valence-electron chi connectivity index (χ4n) is 0.981. The molecule has 0 radical (unpaired) electrons. The third-order valence-corrected chi connectivity index (χ3v) is 1.67. The molecule has 0 saturated heterocycles. The standard InChI is InChI=1S/C10H17NO5/c1-6(8(13)14)11(7(2)12)9(15)16-10(3,4)5/h6H,1-5H3,(H,13,14)/t6-/m0/s1. The number of imide groups is 1. The van der Waals surface area contributed by atoms with E-state index in [1.54, 1.807) is 20.8 Å². The molecule has 0 fully saturated rings. The third kappa shape index (κ3) is 4.29. The summed E-state index contributed by atoms with van der Waals surface area (Å²) in [5, 5.41) is 8.75. The van der Waals surface area contributed by atoms with Crippen molar-refractivity contribution in [1.29, 1.82) is 0 Å². The van der Waals surface area contributed by atoms with Gasteiger partial charge in [-0.25, -0.2) is 14.5 Å². The predicted octanol–water partition coefficient (Wildman–Crippen LogP) is 1.24. The summed E-state index contributed by atoms with van der Waals surface area (Å²) in [5.74, 6) is -1.93. The van der Waals surface area contributed by atoms with E-state index in [1.165, 1.54) is 6.92 Å². The Labute approximate surface area is 94.2 Å². The quantitative estimate of drug-likeness (QED) is 0.773. The average molecular weight is 231 g/mol. The SMILES string of the molecule is CC(=O)N(C(=O)OC(C)(C)C)[C@@H](C)C(=O)O. The van der Waals surface area contributed by atoms with E-state index in [9.17, 15) is 14.4 Å². The number of carbonyl (C=O) groups is 3. The molecule has 0 unspecified atom stereocenters. The van der Waals surface area contributed by atoms with Gasteiger partial charge in [0.05, 0.1) is 0 Å². The van der Waals surface area contributed by atoms with Gasteiger partial charge in [0.25, 0.3) is 0 Å². The maximum Gasteiger partial charge on any atom is 0.417 e. The van der Waals surface area contributed by atoms with E-state index < -0.39 is 29.6 Å². The smallest absolute Gasteiger partial charge is 0.417 e. The van der Waals surface area contributed by atoms with Gasteiger partial charge in [-0.15, -0.1) is 0 Å². The summed E-state index contributed by atoms with van der Waals surface area (Å²) in [4.78, 5) is 34.0. The number of aliphatic carboxylic acids is 1. The minimum Gasteiger partial charge on any atom is -0.480 e. The Balaban J connectivity index is 4.88. The minimum atomic E-state index is -1.26. The highest BCUT2D eigenvalue weighted by molar-refractivity contribution is 5.95. The molecule has 6 nitrogen and oxygen atoms in total. The van der Waals surface area contributed by atoms with Crippen LogP contribution >= 0.6 is 0 Å². The molecule has 6 heteroatoms. The van der Waals surface area contributed by atoms with Crippen molar-refractivity contribution in [3.63, 3.8) is 0 Å². The third-order valence-electron chi connectivity index (χ3n) is 1.67. The molecule has 1 atom stereocenters. The van der Waals surface area contributed by atoms with Crippen LogP contribution in [-0.2, 0) is 14.3 Å². The average Bonchev–Trinajstić information content (AvgIpc) is 1.99. The van der Waals surface area contributed by atoms with Crippen molar-refractivity contribution in [2.75, 3.05) is 0 Å². The van der Waals surface area contributed by atoms with Crippen molar-refractivity contribution < 1.29 is 24.2 Å². The van der Waals surface area contributed by atoms with Gasteiger partial charge in [0, 0.05) is 6.92 Å². The number of ether oxygens (including phenoxy) is 1. The molecule has 0 aromatic rings. The second-order valence-electron chi connectivity index (χ2n) is 4.38. The fourth-order valence-corrected chi connectivity index (χ4v) is 0.981. The molecule has 0 aromatic heterocycles. The molecule has 0 bridgehead atoms. The largest absolute Gasteiger partial charge is 0.480 e. The Kier molecular flexibility index (Phi) is 4.47. The molecule has 2 amide bonds. The van der Waals surface area contributed by atoms with Gasteiger partial charge in [-0.1, -0.05) is 0 Å². The van der Waals surface area contributed by atoms with E-state index in [0.29, 0.717) is 4.90 Å². The second-order valence-corrected chi connectivity index (χ2v) is 4.38. The summed E-state index contributed by atoms with van der Waals surface area (Å²) in [6.07, 6.45) is -0.949. The molecule has 0 aromatic carbocycles. The van der Waals surface area contributed by atoms with Crippen LogP contribution in [0.3, 0.4) is 0 Å². The van der Waals surface area contributed by atoms with Crippen LogP contribution in [0.5, 0.6) is 0 Å². The Morgan fingerprint density at radius 1 is 1.25 bits per heavy atom. The fraction of sp³-hybridized carbons (Fsp3) is 0.700. The molecule has 0 saturated carbocycles. The molecule has 1 N–H and O–H groups in total. The molecule has 0 aliphatic heterocycles. The van der Waals surface area contributed by atoms with E-state index >= 15 is 0 Å². The Bertz CT molecular complexity index is 305. The molecule has 0 aliphatic rings. The molecule has 0 spiro atoms. The molecule has 0 rings (SSSR count). The number of rotatable bonds is 2. The normalized spacial score (nSPS) is 12.8. The van der Waals surface area contributed by atoms with Crippen LogP contribution in [0.4, 0.5) is 4.79 Å². The maximum atomic E-state index is 11.6. The van der Waals surface area contributed by atoms with Crippen molar-refractivity contribution in [3.8, 4) is 0 Å². The van der Waals surface area contributed by atoms with Crippen molar-refractivity contribution in [2.45, 2.75) is 46.3 Å². The van der Waals surface area contributed by atoms with Gasteiger partial charge in [0.1, 0.15) is 11.6 Å². The Morgan fingerprint density at radius 3 is 1.94 bits per heavy atom. The zero-order chi connectivity index (χ0) is 13.1. The number of carbonyl (C=O) groups excluding carboxylic acids is 2. The van der Waals surface area contributed by atoms with E-state index in [0.717, 1.165) is 6.92 Å². The van der Waals surface area contributed by atoms with Crippen LogP contribution in [0.25, 0.3) is 0 Å². The van der Waals surface area contributed by atoms with Gasteiger partial charge in [-0.2, -0.15) is 0 Å². The van der Waals surface area contributed by atoms with Crippen LogP contribution in [-0.4, -0.2) is 39.6 Å². The number of nitrogens with zero attached hydrogens (tertiary/aromatic N) is 1. The van der Waals surface area contributed by atoms with Gasteiger partial charge in [-0.05, 0) is 27.7 Å². The number of carboxylic acids is 1. The van der Waals surface area contributed by atoms with Gasteiger partial charge < -0.3 is 9.84 Å². The summed E-state index contributed by atoms with van der Waals surface area (Å²) >= 11 is 0. The summed E-state index contributed by atoms with van der Waals surface area (Å²) < 4.78 is 4.94. The van der Waals surface area contributed by atoms with E-state index in [2.05, 4.69) is 0 Å². The second kappa shape index (κ2) is 4.96. The number of carboxylic acid groups (broad SMARTS) is 1.